The van der Waals surface area contributed by atoms with Gasteiger partial charge < -0.3 is 19.0 Å². The number of hydrogen-bond donors (Lipinski definition) is 1. The quantitative estimate of drug-likeness (QED) is 0.144. The van der Waals surface area contributed by atoms with E-state index < -0.39 is 38.3 Å². The Hall–Kier alpha value is -3.75. The summed E-state index contributed by atoms with van der Waals surface area (Å²) in [5.74, 6) is 0. The number of aliphatic hydroxyl groups is 1. The van der Waals surface area contributed by atoms with E-state index >= 15 is 0 Å². The van der Waals surface area contributed by atoms with Gasteiger partial charge >= 0.3 is 6.09 Å². The summed E-state index contributed by atoms with van der Waals surface area (Å²) in [5.41, 5.74) is 2.73. The molecule has 4 aromatic rings. The van der Waals surface area contributed by atoms with Crippen LogP contribution in [0.1, 0.15) is 43.0 Å². The van der Waals surface area contributed by atoms with Crippen LogP contribution in [0.15, 0.2) is 121 Å². The molecule has 1 amide bonds. The second kappa shape index (κ2) is 13.7. The number of aliphatic hydroxyl groups excluding tert-OH is 1. The zero-order valence-electron chi connectivity index (χ0n) is 26.9. The van der Waals surface area contributed by atoms with E-state index in [4.69, 9.17) is 13.9 Å². The van der Waals surface area contributed by atoms with Crippen LogP contribution in [0.2, 0.25) is 18.1 Å². The van der Waals surface area contributed by atoms with Gasteiger partial charge in [-0.15, -0.1) is 0 Å². The highest BCUT2D eigenvalue weighted by Crippen LogP contribution is 2.42. The van der Waals surface area contributed by atoms with Crippen LogP contribution in [-0.2, 0) is 26.1 Å². The van der Waals surface area contributed by atoms with Crippen molar-refractivity contribution < 1.29 is 23.8 Å². The van der Waals surface area contributed by atoms with Crippen LogP contribution < -0.4 is 0 Å². The predicted molar refractivity (Wildman–Crippen MR) is 180 cm³/mol. The maximum absolute atomic E-state index is 13.7. The van der Waals surface area contributed by atoms with Crippen molar-refractivity contribution in [3.05, 3.63) is 144 Å². The first-order chi connectivity index (χ1) is 21.5. The van der Waals surface area contributed by atoms with E-state index in [1.54, 1.807) is 4.90 Å². The lowest BCUT2D eigenvalue weighted by Gasteiger charge is -2.39. The van der Waals surface area contributed by atoms with Gasteiger partial charge in [-0.25, -0.2) is 4.79 Å². The highest BCUT2D eigenvalue weighted by atomic mass is 28.4. The van der Waals surface area contributed by atoms with E-state index in [0.29, 0.717) is 0 Å². The van der Waals surface area contributed by atoms with Crippen LogP contribution in [-0.4, -0.2) is 55.8 Å². The molecular weight excluding hydrogens is 579 g/mol. The van der Waals surface area contributed by atoms with E-state index in [1.165, 1.54) is 0 Å². The van der Waals surface area contributed by atoms with Gasteiger partial charge in [-0.1, -0.05) is 142 Å². The van der Waals surface area contributed by atoms with Crippen LogP contribution in [0, 0.1) is 0 Å². The summed E-state index contributed by atoms with van der Waals surface area (Å²) in [6, 6.07) is 39.2. The number of likely N-dealkylation sites (tertiary alicyclic amines) is 1. The Morgan fingerprint density at radius 2 is 1.22 bits per heavy atom. The van der Waals surface area contributed by atoms with Crippen molar-refractivity contribution >= 4 is 14.4 Å². The minimum absolute atomic E-state index is 0.0532. The van der Waals surface area contributed by atoms with Gasteiger partial charge in [0.15, 0.2) is 8.32 Å². The molecule has 236 valence electrons. The van der Waals surface area contributed by atoms with E-state index in [2.05, 4.69) is 70.3 Å². The van der Waals surface area contributed by atoms with Gasteiger partial charge in [-0.2, -0.15) is 0 Å². The van der Waals surface area contributed by atoms with Crippen molar-refractivity contribution in [2.45, 2.75) is 69.4 Å². The summed E-state index contributed by atoms with van der Waals surface area (Å²) in [4.78, 5) is 15.3. The van der Waals surface area contributed by atoms with Gasteiger partial charge in [0.05, 0.1) is 25.3 Å². The number of benzene rings is 4. The third kappa shape index (κ3) is 7.07. The first-order valence-corrected chi connectivity index (χ1v) is 18.6. The average molecular weight is 624 g/mol. The molecule has 5 rings (SSSR count). The number of nitrogens with zero attached hydrogens (tertiary/aromatic N) is 1. The Balaban J connectivity index is 1.51. The van der Waals surface area contributed by atoms with Crippen LogP contribution in [0.4, 0.5) is 4.79 Å². The molecule has 0 aliphatic carbocycles. The second-order valence-electron chi connectivity index (χ2n) is 13.3. The molecule has 7 heteroatoms. The van der Waals surface area contributed by atoms with Crippen molar-refractivity contribution in [2.24, 2.45) is 0 Å². The molecule has 0 unspecified atom stereocenters. The largest absolute Gasteiger partial charge is 0.445 e. The second-order valence-corrected chi connectivity index (χ2v) is 18.0. The highest BCUT2D eigenvalue weighted by molar-refractivity contribution is 6.74. The number of carbonyl (C=O) groups is 1. The molecule has 1 aliphatic heterocycles. The summed E-state index contributed by atoms with van der Waals surface area (Å²) < 4.78 is 19.6. The molecular formula is C38H45NO5Si. The highest BCUT2D eigenvalue weighted by Gasteiger charge is 2.50. The summed E-state index contributed by atoms with van der Waals surface area (Å²) in [5, 5.41) is 11.8. The van der Waals surface area contributed by atoms with E-state index in [9.17, 15) is 9.90 Å². The zero-order valence-corrected chi connectivity index (χ0v) is 27.9. The molecule has 45 heavy (non-hydrogen) atoms. The summed E-state index contributed by atoms with van der Waals surface area (Å²) >= 11 is 0. The molecule has 6 nitrogen and oxygen atoms in total. The maximum atomic E-state index is 13.7. The third-order valence-corrected chi connectivity index (χ3v) is 13.8. The van der Waals surface area contributed by atoms with Crippen molar-refractivity contribution in [2.75, 3.05) is 13.2 Å². The minimum atomic E-state index is -2.27. The average Bonchev–Trinajstić information content (AvgIpc) is 3.35. The zero-order chi connectivity index (χ0) is 32.1. The van der Waals surface area contributed by atoms with Gasteiger partial charge in [0.2, 0.25) is 0 Å². The van der Waals surface area contributed by atoms with Gasteiger partial charge in [-0.05, 0) is 40.4 Å². The van der Waals surface area contributed by atoms with Gasteiger partial charge in [-0.3, -0.25) is 4.90 Å². The van der Waals surface area contributed by atoms with Crippen LogP contribution in [0.5, 0.6) is 0 Å². The fraction of sp³-hybridized carbons (Fsp3) is 0.342. The maximum Gasteiger partial charge on any atom is 0.410 e. The van der Waals surface area contributed by atoms with Crippen molar-refractivity contribution in [3.8, 4) is 0 Å². The van der Waals surface area contributed by atoms with Gasteiger partial charge in [0, 0.05) is 0 Å². The first kappa shape index (κ1) is 32.6. The van der Waals surface area contributed by atoms with E-state index in [1.807, 2.05) is 84.9 Å². The Bertz CT molecular complexity index is 1410. The molecule has 0 saturated carbocycles. The van der Waals surface area contributed by atoms with Crippen LogP contribution >= 0.6 is 0 Å². The number of carbonyl (C=O) groups excluding carboxylic acids is 1. The van der Waals surface area contributed by atoms with Crippen molar-refractivity contribution in [1.29, 1.82) is 0 Å². The smallest absolute Gasteiger partial charge is 0.410 e. The molecule has 3 atom stereocenters. The first-order valence-electron chi connectivity index (χ1n) is 15.7. The summed E-state index contributed by atoms with van der Waals surface area (Å²) in [6.45, 7) is 11.2. The van der Waals surface area contributed by atoms with Crippen LogP contribution in [0.3, 0.4) is 0 Å². The van der Waals surface area contributed by atoms with Crippen molar-refractivity contribution in [1.82, 2.24) is 4.90 Å². The monoisotopic (exact) mass is 623 g/mol. The normalized spacial score (nSPS) is 19.0. The molecule has 1 saturated heterocycles. The molecule has 0 aromatic heterocycles. The Morgan fingerprint density at radius 3 is 1.67 bits per heavy atom. The van der Waals surface area contributed by atoms with Gasteiger partial charge in [0.1, 0.15) is 18.3 Å². The standard InChI is InChI=1S/C38H45NO5Si/c1-37(2,3)45(4,5)44-34-26-39(36(41)42-27-29-18-10-6-11-19-29)33(35(34)40)28-43-38(30-20-12-7-13-21-30,31-22-14-8-15-23-31)32-24-16-9-17-25-32/h6-25,33-35,40H,26-28H2,1-5H3/t33-,34-,35+/m0/s1. The summed E-state index contributed by atoms with van der Waals surface area (Å²) in [6.07, 6.45) is -2.04. The van der Waals surface area contributed by atoms with Gasteiger partial charge in [0.25, 0.3) is 0 Å². The number of rotatable bonds is 10. The Morgan fingerprint density at radius 1 is 0.778 bits per heavy atom. The molecule has 4 aromatic carbocycles. The molecule has 0 bridgehead atoms. The number of hydrogen-bond acceptors (Lipinski definition) is 5. The lowest BCUT2D eigenvalue weighted by Crippen LogP contribution is -2.48. The fourth-order valence-electron chi connectivity index (χ4n) is 5.71. The third-order valence-electron chi connectivity index (χ3n) is 9.26. The number of ether oxygens (including phenoxy) is 2. The van der Waals surface area contributed by atoms with Crippen molar-refractivity contribution in [3.63, 3.8) is 0 Å². The Labute approximate surface area is 268 Å². The Kier molecular flexibility index (Phi) is 9.94. The lowest BCUT2D eigenvalue weighted by atomic mass is 9.80. The fourth-order valence-corrected chi connectivity index (χ4v) is 7.04. The number of amides is 1. The molecule has 0 radical (unpaired) electrons. The molecule has 1 fully saturated rings. The molecule has 1 heterocycles. The lowest BCUT2D eigenvalue weighted by molar-refractivity contribution is -0.0431. The topological polar surface area (TPSA) is 68.2 Å². The summed E-state index contributed by atoms with van der Waals surface area (Å²) in [7, 11) is -2.27. The SMILES string of the molecule is CC(C)(C)[Si](C)(C)O[C@H]1CN(C(=O)OCc2ccccc2)[C@@H](COC(c2ccccc2)(c2ccccc2)c2ccccc2)[C@H]1O. The predicted octanol–water partition coefficient (Wildman–Crippen LogP) is 7.77. The minimum Gasteiger partial charge on any atom is -0.445 e. The molecule has 1 N–H and O–H groups in total. The van der Waals surface area contributed by atoms with E-state index in [0.717, 1.165) is 22.3 Å². The van der Waals surface area contributed by atoms with Crippen LogP contribution in [0.25, 0.3) is 0 Å². The molecule has 0 spiro atoms. The molecule has 1 aliphatic rings. The van der Waals surface area contributed by atoms with E-state index in [-0.39, 0.29) is 24.8 Å².